The minimum Gasteiger partial charge on any atom is -0.395 e. The summed E-state index contributed by atoms with van der Waals surface area (Å²) in [5, 5.41) is 16.5. The van der Waals surface area contributed by atoms with E-state index in [1.807, 2.05) is 36.0 Å². The van der Waals surface area contributed by atoms with Crippen molar-refractivity contribution in [3.05, 3.63) is 30.1 Å². The summed E-state index contributed by atoms with van der Waals surface area (Å²) in [4.78, 5) is 4.42. The second-order valence-corrected chi connectivity index (χ2v) is 6.20. The topological polar surface area (TPSA) is 71.2 Å². The summed E-state index contributed by atoms with van der Waals surface area (Å²) in [6.45, 7) is 5.02. The van der Waals surface area contributed by atoms with E-state index in [4.69, 9.17) is 9.63 Å². The van der Waals surface area contributed by atoms with Crippen LogP contribution >= 0.6 is 11.8 Å². The fourth-order valence-electron chi connectivity index (χ4n) is 1.70. The van der Waals surface area contributed by atoms with E-state index in [0.717, 1.165) is 29.2 Å². The molecule has 6 heteroatoms. The molecule has 0 spiro atoms. The van der Waals surface area contributed by atoms with E-state index in [0.29, 0.717) is 17.7 Å². The van der Waals surface area contributed by atoms with Gasteiger partial charge in [0.15, 0.2) is 5.82 Å². The number of aliphatic hydroxyl groups excluding tert-OH is 1. The number of nitrogens with one attached hydrogen (secondary N) is 1. The van der Waals surface area contributed by atoms with Crippen molar-refractivity contribution >= 4 is 17.4 Å². The lowest BCUT2D eigenvalue weighted by Crippen LogP contribution is -2.04. The zero-order chi connectivity index (χ0) is 15.1. The monoisotopic (exact) mass is 307 g/mol. The lowest BCUT2D eigenvalue weighted by molar-refractivity contribution is 0.311. The Hall–Kier alpha value is -1.53. The quantitative estimate of drug-likeness (QED) is 0.780. The van der Waals surface area contributed by atoms with Crippen molar-refractivity contribution in [2.75, 3.05) is 18.5 Å². The summed E-state index contributed by atoms with van der Waals surface area (Å²) in [6.07, 6.45) is 1.14. The SMILES string of the molecule is CCC(C)SCc1noc(-c2ccc(NCCO)cc2)n1. The van der Waals surface area contributed by atoms with Gasteiger partial charge in [-0.15, -0.1) is 0 Å². The molecule has 2 aromatic rings. The van der Waals surface area contributed by atoms with Gasteiger partial charge in [-0.2, -0.15) is 16.7 Å². The molecule has 1 heterocycles. The number of hydrogen-bond donors (Lipinski definition) is 2. The number of rotatable bonds is 8. The first-order valence-electron chi connectivity index (χ1n) is 7.12. The van der Waals surface area contributed by atoms with E-state index in [1.165, 1.54) is 0 Å². The molecule has 21 heavy (non-hydrogen) atoms. The number of anilines is 1. The van der Waals surface area contributed by atoms with Gasteiger partial charge in [0.05, 0.1) is 12.4 Å². The standard InChI is InChI=1S/C15H21N3O2S/c1-3-11(2)21-10-14-17-15(20-18-14)12-4-6-13(7-5-12)16-8-9-19/h4-7,11,16,19H,3,8-10H2,1-2H3. The summed E-state index contributed by atoms with van der Waals surface area (Å²) in [5.74, 6) is 2.05. The Kier molecular flexibility index (Phi) is 6.07. The molecule has 0 aliphatic carbocycles. The minimum absolute atomic E-state index is 0.114. The van der Waals surface area contributed by atoms with Crippen LogP contribution in [0.5, 0.6) is 0 Å². The molecule has 0 bridgehead atoms. The first kappa shape index (κ1) is 15.9. The van der Waals surface area contributed by atoms with Crippen LogP contribution in [0.2, 0.25) is 0 Å². The summed E-state index contributed by atoms with van der Waals surface area (Å²) >= 11 is 1.83. The van der Waals surface area contributed by atoms with Gasteiger partial charge in [0, 0.05) is 23.0 Å². The molecule has 0 saturated heterocycles. The van der Waals surface area contributed by atoms with Gasteiger partial charge >= 0.3 is 0 Å². The molecule has 1 atom stereocenters. The van der Waals surface area contributed by atoms with Crippen molar-refractivity contribution in [2.45, 2.75) is 31.3 Å². The summed E-state index contributed by atoms with van der Waals surface area (Å²) < 4.78 is 5.30. The van der Waals surface area contributed by atoms with Gasteiger partial charge < -0.3 is 14.9 Å². The maximum Gasteiger partial charge on any atom is 0.257 e. The van der Waals surface area contributed by atoms with Gasteiger partial charge in [-0.25, -0.2) is 0 Å². The van der Waals surface area contributed by atoms with Gasteiger partial charge in [-0.1, -0.05) is 19.0 Å². The second kappa shape index (κ2) is 8.05. The van der Waals surface area contributed by atoms with Crippen LogP contribution in [0.15, 0.2) is 28.8 Å². The number of thioether (sulfide) groups is 1. The fraction of sp³-hybridized carbons (Fsp3) is 0.467. The maximum absolute atomic E-state index is 8.77. The lowest BCUT2D eigenvalue weighted by atomic mass is 10.2. The maximum atomic E-state index is 8.77. The van der Waals surface area contributed by atoms with Crippen LogP contribution in [0.4, 0.5) is 5.69 Å². The van der Waals surface area contributed by atoms with E-state index in [1.54, 1.807) is 0 Å². The first-order chi connectivity index (χ1) is 10.2. The van der Waals surface area contributed by atoms with Gasteiger partial charge in [0.25, 0.3) is 5.89 Å². The molecule has 5 nitrogen and oxygen atoms in total. The van der Waals surface area contributed by atoms with Crippen molar-refractivity contribution in [1.82, 2.24) is 10.1 Å². The third-order valence-electron chi connectivity index (χ3n) is 3.11. The fourth-order valence-corrected chi connectivity index (χ4v) is 2.48. The van der Waals surface area contributed by atoms with Crippen molar-refractivity contribution in [1.29, 1.82) is 0 Å². The zero-order valence-corrected chi connectivity index (χ0v) is 13.2. The smallest absolute Gasteiger partial charge is 0.257 e. The Bertz CT molecular complexity index is 542. The second-order valence-electron chi connectivity index (χ2n) is 4.77. The predicted molar refractivity (Wildman–Crippen MR) is 86.4 cm³/mol. The number of aliphatic hydroxyl groups is 1. The summed E-state index contributed by atoms with van der Waals surface area (Å²) in [6, 6.07) is 7.73. The third-order valence-corrected chi connectivity index (χ3v) is 4.44. The Morgan fingerprint density at radius 3 is 2.76 bits per heavy atom. The molecule has 114 valence electrons. The molecule has 0 radical (unpaired) electrons. The Morgan fingerprint density at radius 2 is 2.10 bits per heavy atom. The first-order valence-corrected chi connectivity index (χ1v) is 8.17. The highest BCUT2D eigenvalue weighted by Gasteiger charge is 2.10. The molecular formula is C15H21N3O2S. The number of aromatic nitrogens is 2. The van der Waals surface area contributed by atoms with Crippen molar-refractivity contribution < 1.29 is 9.63 Å². The van der Waals surface area contributed by atoms with Crippen molar-refractivity contribution in [3.63, 3.8) is 0 Å². The third kappa shape index (κ3) is 4.75. The van der Waals surface area contributed by atoms with Crippen LogP contribution in [0.1, 0.15) is 26.1 Å². The van der Waals surface area contributed by atoms with Gasteiger partial charge in [0.1, 0.15) is 0 Å². The molecule has 0 fully saturated rings. The van der Waals surface area contributed by atoms with Crippen LogP contribution < -0.4 is 5.32 Å². The van der Waals surface area contributed by atoms with E-state index in [9.17, 15) is 0 Å². The molecule has 1 aromatic heterocycles. The molecule has 0 aliphatic heterocycles. The molecule has 0 aliphatic rings. The largest absolute Gasteiger partial charge is 0.395 e. The highest BCUT2D eigenvalue weighted by Crippen LogP contribution is 2.22. The molecule has 0 amide bonds. The molecule has 2 rings (SSSR count). The van der Waals surface area contributed by atoms with Gasteiger partial charge in [-0.05, 0) is 30.7 Å². The predicted octanol–water partition coefficient (Wildman–Crippen LogP) is 3.17. The zero-order valence-electron chi connectivity index (χ0n) is 12.4. The van der Waals surface area contributed by atoms with Crippen molar-refractivity contribution in [3.8, 4) is 11.5 Å². The molecular weight excluding hydrogens is 286 g/mol. The van der Waals surface area contributed by atoms with E-state index in [2.05, 4.69) is 29.3 Å². The average molecular weight is 307 g/mol. The number of hydrogen-bond acceptors (Lipinski definition) is 6. The molecule has 2 N–H and O–H groups in total. The molecule has 1 unspecified atom stereocenters. The highest BCUT2D eigenvalue weighted by atomic mass is 32.2. The highest BCUT2D eigenvalue weighted by molar-refractivity contribution is 7.99. The van der Waals surface area contributed by atoms with Crippen molar-refractivity contribution in [2.24, 2.45) is 0 Å². The number of benzene rings is 1. The lowest BCUT2D eigenvalue weighted by Gasteiger charge is -2.04. The Morgan fingerprint density at radius 1 is 1.33 bits per heavy atom. The van der Waals surface area contributed by atoms with Gasteiger partial charge in [-0.3, -0.25) is 0 Å². The van der Waals surface area contributed by atoms with E-state index in [-0.39, 0.29) is 6.61 Å². The van der Waals surface area contributed by atoms with Crippen LogP contribution in [-0.4, -0.2) is 33.6 Å². The average Bonchev–Trinajstić information content (AvgIpc) is 3.00. The van der Waals surface area contributed by atoms with E-state index >= 15 is 0 Å². The van der Waals surface area contributed by atoms with E-state index < -0.39 is 0 Å². The number of nitrogens with zero attached hydrogens (tertiary/aromatic N) is 2. The van der Waals surface area contributed by atoms with Gasteiger partial charge in [0.2, 0.25) is 0 Å². The van der Waals surface area contributed by atoms with Crippen LogP contribution in [0, 0.1) is 0 Å². The normalized spacial score (nSPS) is 12.3. The van der Waals surface area contributed by atoms with Crippen LogP contribution in [-0.2, 0) is 5.75 Å². The van der Waals surface area contributed by atoms with Crippen LogP contribution in [0.3, 0.4) is 0 Å². The van der Waals surface area contributed by atoms with Crippen LogP contribution in [0.25, 0.3) is 11.5 Å². The summed E-state index contributed by atoms with van der Waals surface area (Å²) in [7, 11) is 0. The molecule has 0 saturated carbocycles. The molecule has 1 aromatic carbocycles. The Labute approximate surface area is 129 Å². The summed E-state index contributed by atoms with van der Waals surface area (Å²) in [5.41, 5.74) is 1.86. The minimum atomic E-state index is 0.114. The Balaban J connectivity index is 1.97.